The number of esters is 1. The van der Waals surface area contributed by atoms with Crippen LogP contribution in [-0.2, 0) is 28.7 Å². The molecule has 2 bridgehead atoms. The van der Waals surface area contributed by atoms with Crippen molar-refractivity contribution in [2.45, 2.75) is 74.6 Å². The lowest BCUT2D eigenvalue weighted by molar-refractivity contribution is -0.151. The van der Waals surface area contributed by atoms with E-state index in [0.717, 1.165) is 0 Å². The predicted molar refractivity (Wildman–Crippen MR) is 128 cm³/mol. The number of ether oxygens (including phenoxy) is 1. The average molecular weight is 582 g/mol. The molecule has 6 atom stereocenters. The van der Waals surface area contributed by atoms with Gasteiger partial charge in [-0.3, -0.25) is 19.2 Å². The van der Waals surface area contributed by atoms with Gasteiger partial charge in [-0.05, 0) is 34.4 Å². The maximum Gasteiger partial charge on any atom is 0.329 e. The van der Waals surface area contributed by atoms with Gasteiger partial charge in [-0.1, -0.05) is 34.6 Å². The largest absolute Gasteiger partial charge is 0.450 e. The summed E-state index contributed by atoms with van der Waals surface area (Å²) in [5, 5.41) is 10.5. The van der Waals surface area contributed by atoms with Gasteiger partial charge in [0.05, 0.1) is 6.42 Å². The Morgan fingerprint density at radius 1 is 0.875 bits per heavy atom. The molecule has 2 saturated heterocycles. The Morgan fingerprint density at radius 3 is 2.09 bits per heavy atom. The quantitative estimate of drug-likeness (QED) is 0.205. The SMILES string of the molecule is CC(C)[C@@H]1NC(=O)C2NC(=O)[C@@H](CS[C@@H]2C)NC(=O)[C@@H](C(C)C)NC(=O)C[C@H](I)OC1=O. The van der Waals surface area contributed by atoms with E-state index < -0.39 is 57.9 Å². The number of cyclic esters (lactones) is 1. The summed E-state index contributed by atoms with van der Waals surface area (Å²) >= 11 is 3.20. The summed E-state index contributed by atoms with van der Waals surface area (Å²) in [5.41, 5.74) is 0. The van der Waals surface area contributed by atoms with Crippen molar-refractivity contribution >= 4 is 64.0 Å². The summed E-state index contributed by atoms with van der Waals surface area (Å²) in [6.07, 6.45) is -0.152. The minimum atomic E-state index is -0.938. The molecule has 2 aliphatic heterocycles. The van der Waals surface area contributed by atoms with Crippen molar-refractivity contribution in [2.24, 2.45) is 11.8 Å². The molecule has 180 valence electrons. The maximum absolute atomic E-state index is 13.0. The van der Waals surface area contributed by atoms with Crippen LogP contribution in [0.2, 0.25) is 0 Å². The van der Waals surface area contributed by atoms with E-state index in [1.165, 1.54) is 11.8 Å². The van der Waals surface area contributed by atoms with Crippen LogP contribution in [0.3, 0.4) is 0 Å². The molecule has 0 radical (unpaired) electrons. The van der Waals surface area contributed by atoms with E-state index >= 15 is 0 Å². The number of hydrogen-bond acceptors (Lipinski definition) is 7. The van der Waals surface area contributed by atoms with Crippen molar-refractivity contribution in [1.29, 1.82) is 0 Å². The second kappa shape index (κ2) is 11.5. The van der Waals surface area contributed by atoms with Crippen molar-refractivity contribution in [2.75, 3.05) is 5.75 Å². The Kier molecular flexibility index (Phi) is 9.61. The van der Waals surface area contributed by atoms with Gasteiger partial charge in [0, 0.05) is 11.0 Å². The van der Waals surface area contributed by atoms with Gasteiger partial charge in [0.2, 0.25) is 23.6 Å². The first-order chi connectivity index (χ1) is 14.9. The molecule has 32 heavy (non-hydrogen) atoms. The van der Waals surface area contributed by atoms with Gasteiger partial charge in [0.25, 0.3) is 0 Å². The fourth-order valence-electron chi connectivity index (χ4n) is 3.33. The minimum Gasteiger partial charge on any atom is -0.450 e. The van der Waals surface area contributed by atoms with E-state index in [0.29, 0.717) is 0 Å². The Labute approximate surface area is 205 Å². The number of hydrogen-bond donors (Lipinski definition) is 4. The molecule has 4 amide bonds. The van der Waals surface area contributed by atoms with E-state index in [2.05, 4.69) is 21.3 Å². The lowest BCUT2D eigenvalue weighted by Gasteiger charge is -2.28. The molecule has 1 unspecified atom stereocenters. The third kappa shape index (κ3) is 6.96. The van der Waals surface area contributed by atoms with Crippen LogP contribution in [0.1, 0.15) is 41.0 Å². The number of rotatable bonds is 2. The highest BCUT2D eigenvalue weighted by atomic mass is 127. The van der Waals surface area contributed by atoms with E-state index in [-0.39, 0.29) is 29.3 Å². The van der Waals surface area contributed by atoms with Crippen LogP contribution in [0.15, 0.2) is 0 Å². The first kappa shape index (κ1) is 26.7. The number of carbonyl (C=O) groups excluding carboxylic acids is 5. The smallest absolute Gasteiger partial charge is 0.329 e. The normalized spacial score (nSPS) is 33.2. The van der Waals surface area contributed by atoms with Gasteiger partial charge in [-0.15, -0.1) is 0 Å². The fraction of sp³-hybridized carbons (Fsp3) is 0.750. The predicted octanol–water partition coefficient (Wildman–Crippen LogP) is 0.0809. The standard InChI is InChI=1S/C20H31IN4O6S/c1-8(2)14-18(28)22-11-7-32-10(5)16(25-17(11)27)19(29)24-15(9(3)4)20(30)31-12(21)6-13(26)23-14/h8-12,14-16H,6-7H2,1-5H3,(H,22,28)(H,23,26)(H,24,29)(H,25,27)/t10-,11-,12-,14-,15+,16?/m1/s1. The third-order valence-electron chi connectivity index (χ3n) is 5.28. The zero-order valence-corrected chi connectivity index (χ0v) is 21.7. The third-order valence-corrected chi connectivity index (χ3v) is 7.30. The molecule has 0 aliphatic carbocycles. The maximum atomic E-state index is 13.0. The van der Waals surface area contributed by atoms with Gasteiger partial charge < -0.3 is 26.0 Å². The molecule has 4 N–H and O–H groups in total. The number of carbonyl (C=O) groups is 5. The Bertz CT molecular complexity index is 764. The number of nitrogens with one attached hydrogen (secondary N) is 4. The number of fused-ring (bicyclic) bond motifs is 3. The Hall–Kier alpha value is -1.57. The van der Waals surface area contributed by atoms with Gasteiger partial charge in [-0.2, -0.15) is 11.8 Å². The van der Waals surface area contributed by atoms with Crippen LogP contribution in [0.25, 0.3) is 0 Å². The second-order valence-corrected chi connectivity index (χ2v) is 11.5. The average Bonchev–Trinajstić information content (AvgIpc) is 2.81. The van der Waals surface area contributed by atoms with Crippen LogP contribution in [0, 0.1) is 11.8 Å². The topological polar surface area (TPSA) is 143 Å². The van der Waals surface area contributed by atoms with Crippen molar-refractivity contribution < 1.29 is 28.7 Å². The lowest BCUT2D eigenvalue weighted by Crippen LogP contribution is -2.59. The van der Waals surface area contributed by atoms with Crippen molar-refractivity contribution in [3.63, 3.8) is 0 Å². The molecule has 0 aromatic rings. The molecule has 2 rings (SSSR count). The van der Waals surface area contributed by atoms with Gasteiger partial charge in [0.1, 0.15) is 24.2 Å². The monoisotopic (exact) mass is 582 g/mol. The highest BCUT2D eigenvalue weighted by Crippen LogP contribution is 2.21. The molecule has 2 fully saturated rings. The summed E-state index contributed by atoms with van der Waals surface area (Å²) in [6.45, 7) is 8.89. The molecule has 0 spiro atoms. The molecular formula is C20H31IN4O6S. The van der Waals surface area contributed by atoms with Crippen LogP contribution < -0.4 is 21.3 Å². The lowest BCUT2D eigenvalue weighted by atomic mass is 10.0. The van der Waals surface area contributed by atoms with E-state index in [4.69, 9.17) is 4.74 Å². The second-order valence-electron chi connectivity index (χ2n) is 8.66. The van der Waals surface area contributed by atoms with Crippen LogP contribution in [0.5, 0.6) is 0 Å². The molecule has 0 aromatic carbocycles. The van der Waals surface area contributed by atoms with Gasteiger partial charge >= 0.3 is 5.97 Å². The number of alkyl halides is 1. The van der Waals surface area contributed by atoms with Crippen molar-refractivity contribution in [3.8, 4) is 0 Å². The zero-order valence-electron chi connectivity index (χ0n) is 18.8. The Balaban J connectivity index is 2.38. The molecule has 12 heteroatoms. The summed E-state index contributed by atoms with van der Waals surface area (Å²) in [5.74, 6) is -2.85. The number of thioether (sulfide) groups is 1. The fourth-order valence-corrected chi connectivity index (χ4v) is 5.10. The first-order valence-electron chi connectivity index (χ1n) is 10.6. The summed E-state index contributed by atoms with van der Waals surface area (Å²) in [7, 11) is 0. The van der Waals surface area contributed by atoms with Crippen molar-refractivity contribution in [3.05, 3.63) is 0 Å². The van der Waals surface area contributed by atoms with Crippen LogP contribution >= 0.6 is 34.4 Å². The summed E-state index contributed by atoms with van der Waals surface area (Å²) in [4.78, 5) is 63.8. The molecule has 10 nitrogen and oxygen atoms in total. The van der Waals surface area contributed by atoms with E-state index in [1.54, 1.807) is 34.6 Å². The van der Waals surface area contributed by atoms with E-state index in [9.17, 15) is 24.0 Å². The molecule has 0 aromatic heterocycles. The minimum absolute atomic E-state index is 0.152. The number of halogens is 1. The molecule has 2 heterocycles. The highest BCUT2D eigenvalue weighted by Gasteiger charge is 2.39. The van der Waals surface area contributed by atoms with Gasteiger partial charge in [0.15, 0.2) is 4.11 Å². The number of amides is 4. The summed E-state index contributed by atoms with van der Waals surface area (Å²) in [6, 6.07) is -3.54. The van der Waals surface area contributed by atoms with E-state index in [1.807, 2.05) is 22.6 Å². The van der Waals surface area contributed by atoms with Crippen molar-refractivity contribution in [1.82, 2.24) is 21.3 Å². The summed E-state index contributed by atoms with van der Waals surface area (Å²) < 4.78 is 4.61. The first-order valence-corrected chi connectivity index (χ1v) is 12.9. The molecule has 0 saturated carbocycles. The van der Waals surface area contributed by atoms with Gasteiger partial charge in [-0.25, -0.2) is 4.79 Å². The zero-order chi connectivity index (χ0) is 24.2. The van der Waals surface area contributed by atoms with Crippen LogP contribution in [0.4, 0.5) is 0 Å². The molecular weight excluding hydrogens is 551 g/mol. The van der Waals surface area contributed by atoms with Crippen LogP contribution in [-0.4, -0.2) is 68.9 Å². The highest BCUT2D eigenvalue weighted by molar-refractivity contribution is 14.1. The Morgan fingerprint density at radius 2 is 1.50 bits per heavy atom. The molecule has 2 aliphatic rings.